The van der Waals surface area contributed by atoms with Crippen LogP contribution in [-0.4, -0.2) is 13.0 Å². The fourth-order valence-electron chi connectivity index (χ4n) is 1.63. The minimum atomic E-state index is -0.347. The fourth-order valence-corrected chi connectivity index (χ4v) is 1.80. The number of halogens is 1. The van der Waals surface area contributed by atoms with Crippen LogP contribution in [-0.2, 0) is 4.79 Å². The van der Waals surface area contributed by atoms with Crippen molar-refractivity contribution in [2.45, 2.75) is 0 Å². The van der Waals surface area contributed by atoms with Gasteiger partial charge in [-0.2, -0.15) is 0 Å². The van der Waals surface area contributed by atoms with Crippen molar-refractivity contribution < 1.29 is 9.53 Å². The second-order valence-electron chi connectivity index (χ2n) is 4.09. The third kappa shape index (κ3) is 3.87. The summed E-state index contributed by atoms with van der Waals surface area (Å²) in [5.74, 6) is 0.384. The molecule has 102 valence electrons. The molecule has 0 bridgehead atoms. The van der Waals surface area contributed by atoms with Gasteiger partial charge in [-0.25, -0.2) is 0 Å². The number of carbonyl (C=O) groups excluding carboxylic acids is 1. The number of methoxy groups -OCH3 is 1. The molecule has 1 amide bonds. The van der Waals surface area contributed by atoms with E-state index < -0.39 is 0 Å². The van der Waals surface area contributed by atoms with E-state index >= 15 is 0 Å². The molecular weight excluding hydrogens is 274 g/mol. The highest BCUT2D eigenvalue weighted by Crippen LogP contribution is 2.17. The van der Waals surface area contributed by atoms with E-state index in [2.05, 4.69) is 5.32 Å². The van der Waals surface area contributed by atoms with Crippen LogP contribution in [0.5, 0.6) is 5.75 Å². The zero-order chi connectivity index (χ0) is 14.4. The molecule has 0 heterocycles. The highest BCUT2D eigenvalue weighted by molar-refractivity contribution is 6.45. The van der Waals surface area contributed by atoms with Crippen LogP contribution in [0.25, 0.3) is 6.08 Å². The van der Waals surface area contributed by atoms with E-state index in [0.717, 1.165) is 11.3 Å². The Kier molecular flexibility index (Phi) is 4.80. The zero-order valence-electron chi connectivity index (χ0n) is 11.0. The van der Waals surface area contributed by atoms with Gasteiger partial charge in [0, 0.05) is 5.69 Å². The Hall–Kier alpha value is -2.26. The van der Waals surface area contributed by atoms with Gasteiger partial charge in [-0.05, 0) is 35.9 Å². The molecule has 2 aromatic rings. The molecule has 0 aliphatic carbocycles. The molecule has 0 unspecified atom stereocenters. The number of benzene rings is 2. The van der Waals surface area contributed by atoms with E-state index in [1.54, 1.807) is 37.5 Å². The molecule has 2 rings (SSSR count). The third-order valence-corrected chi connectivity index (χ3v) is 2.94. The Bertz CT molecular complexity index is 606. The molecule has 0 fully saturated rings. The van der Waals surface area contributed by atoms with Crippen LogP contribution in [0.2, 0.25) is 0 Å². The number of anilines is 1. The van der Waals surface area contributed by atoms with Gasteiger partial charge in [-0.3, -0.25) is 4.79 Å². The summed E-state index contributed by atoms with van der Waals surface area (Å²) in [4.78, 5) is 11.9. The largest absolute Gasteiger partial charge is 0.497 e. The predicted molar refractivity (Wildman–Crippen MR) is 81.9 cm³/mol. The van der Waals surface area contributed by atoms with Crippen LogP contribution < -0.4 is 10.1 Å². The molecule has 3 nitrogen and oxygen atoms in total. The number of rotatable bonds is 4. The second kappa shape index (κ2) is 6.78. The van der Waals surface area contributed by atoms with Crippen LogP contribution in [0, 0.1) is 0 Å². The molecular formula is C16H14ClNO2. The summed E-state index contributed by atoms with van der Waals surface area (Å²) >= 11 is 6.00. The van der Waals surface area contributed by atoms with Crippen molar-refractivity contribution in [1.29, 1.82) is 0 Å². The molecule has 0 saturated carbocycles. The van der Waals surface area contributed by atoms with Gasteiger partial charge in [-0.15, -0.1) is 0 Å². The fraction of sp³-hybridized carbons (Fsp3) is 0.0625. The summed E-state index contributed by atoms with van der Waals surface area (Å²) in [5, 5.41) is 2.85. The highest BCUT2D eigenvalue weighted by atomic mass is 35.5. The lowest BCUT2D eigenvalue weighted by Gasteiger charge is -2.05. The minimum absolute atomic E-state index is 0.131. The Labute approximate surface area is 122 Å². The first kappa shape index (κ1) is 14.2. The Morgan fingerprint density at radius 2 is 1.75 bits per heavy atom. The van der Waals surface area contributed by atoms with Crippen LogP contribution in [0.3, 0.4) is 0 Å². The quantitative estimate of drug-likeness (QED) is 0.866. The number of carbonyl (C=O) groups is 1. The maximum Gasteiger partial charge on any atom is 0.267 e. The maximum atomic E-state index is 11.9. The first-order valence-electron chi connectivity index (χ1n) is 6.06. The number of nitrogens with one attached hydrogen (secondary N) is 1. The SMILES string of the molecule is COc1ccc(NC(=O)/C(Cl)=C\c2ccccc2)cc1. The van der Waals surface area contributed by atoms with Crippen molar-refractivity contribution in [3.63, 3.8) is 0 Å². The Morgan fingerprint density at radius 1 is 1.10 bits per heavy atom. The zero-order valence-corrected chi connectivity index (χ0v) is 11.7. The second-order valence-corrected chi connectivity index (χ2v) is 4.49. The normalized spacial score (nSPS) is 11.0. The van der Waals surface area contributed by atoms with Gasteiger partial charge in [0.1, 0.15) is 10.8 Å². The molecule has 0 aliphatic rings. The van der Waals surface area contributed by atoms with Crippen LogP contribution in [0.15, 0.2) is 59.6 Å². The van der Waals surface area contributed by atoms with Gasteiger partial charge in [0.2, 0.25) is 0 Å². The average Bonchev–Trinajstić information content (AvgIpc) is 2.49. The molecule has 0 aromatic heterocycles. The maximum absolute atomic E-state index is 11.9. The van der Waals surface area contributed by atoms with E-state index in [4.69, 9.17) is 16.3 Å². The average molecular weight is 288 g/mol. The molecule has 20 heavy (non-hydrogen) atoms. The standard InChI is InChI=1S/C16H14ClNO2/c1-20-14-9-7-13(8-10-14)18-16(19)15(17)11-12-5-3-2-4-6-12/h2-11H,1H3,(H,18,19)/b15-11+. The van der Waals surface area contributed by atoms with Gasteiger partial charge in [0.15, 0.2) is 0 Å². The summed E-state index contributed by atoms with van der Waals surface area (Å²) in [6, 6.07) is 16.5. The molecule has 0 radical (unpaired) electrons. The minimum Gasteiger partial charge on any atom is -0.497 e. The summed E-state index contributed by atoms with van der Waals surface area (Å²) in [7, 11) is 1.59. The van der Waals surface area contributed by atoms with Crippen molar-refractivity contribution >= 4 is 29.3 Å². The van der Waals surface area contributed by atoms with Gasteiger partial charge in [0.25, 0.3) is 5.91 Å². The summed E-state index contributed by atoms with van der Waals surface area (Å²) in [6.45, 7) is 0. The van der Waals surface area contributed by atoms with Crippen molar-refractivity contribution in [3.05, 3.63) is 65.2 Å². The van der Waals surface area contributed by atoms with E-state index in [9.17, 15) is 4.79 Å². The summed E-state index contributed by atoms with van der Waals surface area (Å²) < 4.78 is 5.05. The number of amides is 1. The topological polar surface area (TPSA) is 38.3 Å². The lowest BCUT2D eigenvalue weighted by molar-refractivity contribution is -0.112. The van der Waals surface area contributed by atoms with Crippen molar-refractivity contribution in [2.75, 3.05) is 12.4 Å². The first-order valence-corrected chi connectivity index (χ1v) is 6.44. The van der Waals surface area contributed by atoms with E-state index in [0.29, 0.717) is 5.69 Å². The van der Waals surface area contributed by atoms with Crippen molar-refractivity contribution in [3.8, 4) is 5.75 Å². The smallest absolute Gasteiger partial charge is 0.267 e. The van der Waals surface area contributed by atoms with E-state index in [1.807, 2.05) is 30.3 Å². The van der Waals surface area contributed by atoms with Crippen LogP contribution in [0.1, 0.15) is 5.56 Å². The molecule has 0 atom stereocenters. The molecule has 4 heteroatoms. The van der Waals surface area contributed by atoms with Crippen LogP contribution >= 0.6 is 11.6 Å². The summed E-state index contributed by atoms with van der Waals surface area (Å²) in [6.07, 6.45) is 1.63. The molecule has 0 aliphatic heterocycles. The molecule has 2 aromatic carbocycles. The van der Waals surface area contributed by atoms with Gasteiger partial charge >= 0.3 is 0 Å². The lowest BCUT2D eigenvalue weighted by Crippen LogP contribution is -2.11. The molecule has 0 spiro atoms. The number of ether oxygens (including phenoxy) is 1. The first-order chi connectivity index (χ1) is 9.69. The third-order valence-electron chi connectivity index (χ3n) is 2.66. The Balaban J connectivity index is 2.05. The monoisotopic (exact) mass is 287 g/mol. The highest BCUT2D eigenvalue weighted by Gasteiger charge is 2.07. The van der Waals surface area contributed by atoms with Gasteiger partial charge in [0.05, 0.1) is 7.11 Å². The van der Waals surface area contributed by atoms with Gasteiger partial charge in [-0.1, -0.05) is 41.9 Å². The van der Waals surface area contributed by atoms with Crippen LogP contribution in [0.4, 0.5) is 5.69 Å². The lowest BCUT2D eigenvalue weighted by atomic mass is 10.2. The van der Waals surface area contributed by atoms with E-state index in [1.165, 1.54) is 0 Å². The number of hydrogen-bond donors (Lipinski definition) is 1. The predicted octanol–water partition coefficient (Wildman–Crippen LogP) is 3.91. The Morgan fingerprint density at radius 3 is 2.35 bits per heavy atom. The number of hydrogen-bond acceptors (Lipinski definition) is 2. The van der Waals surface area contributed by atoms with E-state index in [-0.39, 0.29) is 10.9 Å². The molecule has 1 N–H and O–H groups in total. The van der Waals surface area contributed by atoms with Gasteiger partial charge < -0.3 is 10.1 Å². The van der Waals surface area contributed by atoms with Crippen molar-refractivity contribution in [2.24, 2.45) is 0 Å². The van der Waals surface area contributed by atoms with Crippen molar-refractivity contribution in [1.82, 2.24) is 0 Å². The molecule has 0 saturated heterocycles. The summed E-state index contributed by atoms with van der Waals surface area (Å²) in [5.41, 5.74) is 1.54.